The topological polar surface area (TPSA) is 71.5 Å². The minimum absolute atomic E-state index is 0.177. The number of carbonyl (C=O) groups is 1. The summed E-state index contributed by atoms with van der Waals surface area (Å²) in [5.74, 6) is -0.177. The van der Waals surface area contributed by atoms with E-state index in [0.29, 0.717) is 24.0 Å². The lowest BCUT2D eigenvalue weighted by molar-refractivity contribution is 0.0588. The van der Waals surface area contributed by atoms with Crippen molar-refractivity contribution in [3.63, 3.8) is 0 Å². The van der Waals surface area contributed by atoms with Crippen molar-refractivity contribution in [1.29, 1.82) is 0 Å². The molecule has 0 saturated heterocycles. The lowest BCUT2D eigenvalue weighted by Crippen LogP contribution is -2.28. The van der Waals surface area contributed by atoms with Gasteiger partial charge in [-0.2, -0.15) is 0 Å². The van der Waals surface area contributed by atoms with Gasteiger partial charge in [-0.25, -0.2) is 0 Å². The van der Waals surface area contributed by atoms with Gasteiger partial charge >= 0.3 is 0 Å². The largest absolute Gasteiger partial charge is 0.391 e. The van der Waals surface area contributed by atoms with Crippen LogP contribution in [0.15, 0.2) is 30.3 Å². The van der Waals surface area contributed by atoms with Crippen molar-refractivity contribution in [1.82, 2.24) is 10.3 Å². The van der Waals surface area contributed by atoms with Gasteiger partial charge in [0.05, 0.1) is 23.8 Å². The van der Waals surface area contributed by atoms with E-state index in [2.05, 4.69) is 10.3 Å². The van der Waals surface area contributed by atoms with Gasteiger partial charge < -0.3 is 15.2 Å². The zero-order valence-electron chi connectivity index (χ0n) is 12.3. The summed E-state index contributed by atoms with van der Waals surface area (Å²) < 4.78 is 4.84. The maximum absolute atomic E-state index is 12.2. The van der Waals surface area contributed by atoms with Gasteiger partial charge in [-0.15, -0.1) is 0 Å². The zero-order valence-corrected chi connectivity index (χ0v) is 12.3. The molecule has 1 aromatic heterocycles. The van der Waals surface area contributed by atoms with Crippen LogP contribution in [0.3, 0.4) is 0 Å². The predicted octanol–water partition coefficient (Wildman–Crippen LogP) is 1.67. The van der Waals surface area contributed by atoms with Crippen LogP contribution in [0.25, 0.3) is 10.9 Å². The van der Waals surface area contributed by atoms with E-state index in [9.17, 15) is 9.90 Å². The average Bonchev–Trinajstić information content (AvgIpc) is 2.46. The zero-order chi connectivity index (χ0) is 15.2. The van der Waals surface area contributed by atoms with Gasteiger partial charge in [0.1, 0.15) is 0 Å². The number of rotatable bonds is 6. The number of ether oxygens (including phenoxy) is 1. The Labute approximate surface area is 124 Å². The molecule has 0 aliphatic carbocycles. The first kappa shape index (κ1) is 15.4. The highest BCUT2D eigenvalue weighted by Crippen LogP contribution is 2.17. The van der Waals surface area contributed by atoms with E-state index in [-0.39, 0.29) is 12.5 Å². The third-order valence-electron chi connectivity index (χ3n) is 3.23. The summed E-state index contributed by atoms with van der Waals surface area (Å²) in [5.41, 5.74) is 2.13. The molecule has 5 heteroatoms. The monoisotopic (exact) mass is 288 g/mol. The van der Waals surface area contributed by atoms with E-state index in [1.807, 2.05) is 31.2 Å². The summed E-state index contributed by atoms with van der Waals surface area (Å²) in [6.45, 7) is 2.56. The van der Waals surface area contributed by atoms with Crippen molar-refractivity contribution >= 4 is 16.8 Å². The Bertz CT molecular complexity index is 628. The second kappa shape index (κ2) is 7.15. The number of aromatic nitrogens is 1. The number of hydrogen-bond acceptors (Lipinski definition) is 4. The third kappa shape index (κ3) is 4.00. The number of para-hydroxylation sites is 1. The van der Waals surface area contributed by atoms with E-state index in [4.69, 9.17) is 4.74 Å². The summed E-state index contributed by atoms with van der Waals surface area (Å²) in [6, 6.07) is 9.41. The third-order valence-corrected chi connectivity index (χ3v) is 3.23. The molecular weight excluding hydrogens is 268 g/mol. The summed E-state index contributed by atoms with van der Waals surface area (Å²) in [4.78, 5) is 16.7. The van der Waals surface area contributed by atoms with Crippen LogP contribution in [0.4, 0.5) is 0 Å². The predicted molar refractivity (Wildman–Crippen MR) is 81.3 cm³/mol. The molecule has 1 atom stereocenters. The highest BCUT2D eigenvalue weighted by atomic mass is 16.5. The van der Waals surface area contributed by atoms with Crippen LogP contribution in [0, 0.1) is 6.92 Å². The van der Waals surface area contributed by atoms with Crippen molar-refractivity contribution in [2.45, 2.75) is 19.4 Å². The number of hydrogen-bond donors (Lipinski definition) is 2. The summed E-state index contributed by atoms with van der Waals surface area (Å²) in [5, 5.41) is 13.3. The number of aliphatic hydroxyl groups is 1. The van der Waals surface area contributed by atoms with Gasteiger partial charge in [0, 0.05) is 24.7 Å². The molecule has 21 heavy (non-hydrogen) atoms. The number of benzene rings is 1. The van der Waals surface area contributed by atoms with Crippen LogP contribution >= 0.6 is 0 Å². The number of pyridine rings is 1. The minimum Gasteiger partial charge on any atom is -0.391 e. The number of nitrogens with one attached hydrogen (secondary N) is 1. The molecule has 5 nitrogen and oxygen atoms in total. The molecule has 2 N–H and O–H groups in total. The standard InChI is InChI=1S/C16H20N2O3/c1-11-6-7-12-4-3-5-14(15(12)18-11)16(20)17-9-8-13(19)10-21-2/h3-7,13,19H,8-10H2,1-2H3,(H,17,20). The molecule has 0 aliphatic rings. The fourth-order valence-corrected chi connectivity index (χ4v) is 2.15. The number of fused-ring (bicyclic) bond motifs is 1. The van der Waals surface area contributed by atoms with E-state index >= 15 is 0 Å². The van der Waals surface area contributed by atoms with Gasteiger partial charge in [-0.3, -0.25) is 9.78 Å². The molecule has 0 saturated carbocycles. The molecule has 1 heterocycles. The van der Waals surface area contributed by atoms with E-state index < -0.39 is 6.10 Å². The van der Waals surface area contributed by atoms with Gasteiger partial charge in [0.15, 0.2) is 0 Å². The molecule has 0 fully saturated rings. The molecule has 1 unspecified atom stereocenters. The number of methoxy groups -OCH3 is 1. The molecule has 112 valence electrons. The van der Waals surface area contributed by atoms with Crippen LogP contribution in [-0.4, -0.2) is 42.4 Å². The molecule has 0 aliphatic heterocycles. The lowest BCUT2D eigenvalue weighted by atomic mass is 10.1. The first-order chi connectivity index (χ1) is 10.1. The fourth-order valence-electron chi connectivity index (χ4n) is 2.15. The molecule has 1 amide bonds. The Balaban J connectivity index is 2.07. The summed E-state index contributed by atoms with van der Waals surface area (Å²) >= 11 is 0. The molecule has 2 aromatic rings. The average molecular weight is 288 g/mol. The molecule has 0 radical (unpaired) electrons. The van der Waals surface area contributed by atoms with Crippen molar-refractivity contribution < 1.29 is 14.6 Å². The Morgan fingerprint density at radius 2 is 2.19 bits per heavy atom. The van der Waals surface area contributed by atoms with Gasteiger partial charge in [0.25, 0.3) is 5.91 Å². The molecular formula is C16H20N2O3. The highest BCUT2D eigenvalue weighted by molar-refractivity contribution is 6.05. The first-order valence-corrected chi connectivity index (χ1v) is 6.93. The maximum atomic E-state index is 12.2. The summed E-state index contributed by atoms with van der Waals surface area (Å²) in [7, 11) is 1.53. The summed E-state index contributed by atoms with van der Waals surface area (Å²) in [6.07, 6.45) is -0.111. The Kier molecular flexibility index (Phi) is 5.25. The quantitative estimate of drug-likeness (QED) is 0.848. The second-order valence-corrected chi connectivity index (χ2v) is 4.98. The van der Waals surface area contributed by atoms with E-state index in [1.165, 1.54) is 7.11 Å². The Morgan fingerprint density at radius 3 is 2.95 bits per heavy atom. The first-order valence-electron chi connectivity index (χ1n) is 6.93. The van der Waals surface area contributed by atoms with Crippen LogP contribution < -0.4 is 5.32 Å². The molecule has 0 spiro atoms. The number of carbonyl (C=O) groups excluding carboxylic acids is 1. The smallest absolute Gasteiger partial charge is 0.253 e. The van der Waals surface area contributed by atoms with Crippen LogP contribution in [0.5, 0.6) is 0 Å². The number of aliphatic hydroxyl groups excluding tert-OH is 1. The molecule has 1 aromatic carbocycles. The van der Waals surface area contributed by atoms with Gasteiger partial charge in [-0.05, 0) is 25.5 Å². The SMILES string of the molecule is COCC(O)CCNC(=O)c1cccc2ccc(C)nc12. The van der Waals surface area contributed by atoms with Crippen molar-refractivity contribution in [2.24, 2.45) is 0 Å². The van der Waals surface area contributed by atoms with Gasteiger partial charge in [0.2, 0.25) is 0 Å². The Hall–Kier alpha value is -1.98. The van der Waals surface area contributed by atoms with E-state index in [1.54, 1.807) is 6.07 Å². The molecule has 2 rings (SSSR count). The Morgan fingerprint density at radius 1 is 1.38 bits per heavy atom. The highest BCUT2D eigenvalue weighted by Gasteiger charge is 2.11. The van der Waals surface area contributed by atoms with Crippen LogP contribution in [-0.2, 0) is 4.74 Å². The van der Waals surface area contributed by atoms with Crippen LogP contribution in [0.2, 0.25) is 0 Å². The van der Waals surface area contributed by atoms with Crippen molar-refractivity contribution in [3.8, 4) is 0 Å². The fraction of sp³-hybridized carbons (Fsp3) is 0.375. The van der Waals surface area contributed by atoms with Crippen molar-refractivity contribution in [2.75, 3.05) is 20.3 Å². The molecule has 0 bridgehead atoms. The van der Waals surface area contributed by atoms with E-state index in [0.717, 1.165) is 11.1 Å². The number of nitrogens with zero attached hydrogens (tertiary/aromatic N) is 1. The maximum Gasteiger partial charge on any atom is 0.253 e. The van der Waals surface area contributed by atoms with Gasteiger partial charge in [-0.1, -0.05) is 18.2 Å². The minimum atomic E-state index is -0.566. The lowest BCUT2D eigenvalue weighted by Gasteiger charge is -2.11. The van der Waals surface area contributed by atoms with Crippen molar-refractivity contribution in [3.05, 3.63) is 41.6 Å². The van der Waals surface area contributed by atoms with Crippen LogP contribution in [0.1, 0.15) is 22.5 Å². The number of amides is 1. The second-order valence-electron chi connectivity index (χ2n) is 4.98. The normalized spacial score (nSPS) is 12.3. The number of aryl methyl sites for hydroxylation is 1.